The largest absolute Gasteiger partial charge is 0.314 e. The van der Waals surface area contributed by atoms with E-state index in [1.807, 2.05) is 12.4 Å². The molecule has 0 radical (unpaired) electrons. The van der Waals surface area contributed by atoms with Crippen LogP contribution in [0.5, 0.6) is 0 Å². The summed E-state index contributed by atoms with van der Waals surface area (Å²) in [5, 5.41) is 3.68. The van der Waals surface area contributed by atoms with Crippen LogP contribution >= 0.6 is 15.9 Å². The first-order valence-electron chi connectivity index (χ1n) is 8.10. The number of pyridine rings is 1. The van der Waals surface area contributed by atoms with E-state index in [1.165, 1.54) is 50.5 Å². The van der Waals surface area contributed by atoms with E-state index in [0.29, 0.717) is 6.04 Å². The third kappa shape index (κ3) is 5.53. The number of nitrogens with one attached hydrogen (secondary N) is 1. The Balaban J connectivity index is 1.91. The summed E-state index contributed by atoms with van der Waals surface area (Å²) < 4.78 is 1.08. The number of likely N-dealkylation sites (N-methyl/N-ethyl adjacent to an activating group) is 1. The van der Waals surface area contributed by atoms with Crippen molar-refractivity contribution in [1.29, 1.82) is 0 Å². The lowest BCUT2D eigenvalue weighted by molar-refractivity contribution is 0.353. The molecule has 2 rings (SSSR count). The molecule has 0 amide bonds. The normalized spacial score (nSPS) is 18.7. The molecule has 1 aromatic heterocycles. The first kappa shape index (κ1) is 16.0. The van der Waals surface area contributed by atoms with Crippen LogP contribution in [-0.2, 0) is 6.42 Å². The number of aromatic nitrogens is 1. The third-order valence-corrected chi connectivity index (χ3v) is 4.76. The van der Waals surface area contributed by atoms with E-state index < -0.39 is 0 Å². The van der Waals surface area contributed by atoms with Crippen LogP contribution in [0.4, 0.5) is 0 Å². The van der Waals surface area contributed by atoms with Gasteiger partial charge in [0.2, 0.25) is 0 Å². The summed E-state index contributed by atoms with van der Waals surface area (Å²) in [6, 6.07) is 2.80. The van der Waals surface area contributed by atoms with Gasteiger partial charge in [-0.3, -0.25) is 4.98 Å². The Morgan fingerprint density at radius 1 is 1.25 bits per heavy atom. The Hall–Kier alpha value is -0.410. The average Bonchev–Trinajstić information content (AvgIpc) is 2.68. The first-order chi connectivity index (χ1) is 9.78. The molecule has 112 valence electrons. The van der Waals surface area contributed by atoms with Gasteiger partial charge in [-0.1, -0.05) is 45.4 Å². The van der Waals surface area contributed by atoms with Crippen molar-refractivity contribution < 1.29 is 0 Å². The highest BCUT2D eigenvalue weighted by molar-refractivity contribution is 9.10. The van der Waals surface area contributed by atoms with Gasteiger partial charge in [-0.2, -0.15) is 0 Å². The highest BCUT2D eigenvalue weighted by Gasteiger charge is 2.18. The van der Waals surface area contributed by atoms with Crippen LogP contribution < -0.4 is 5.32 Å². The average molecular weight is 339 g/mol. The smallest absolute Gasteiger partial charge is 0.0410 e. The predicted molar refractivity (Wildman–Crippen MR) is 88.9 cm³/mol. The van der Waals surface area contributed by atoms with Gasteiger partial charge in [0.15, 0.2) is 0 Å². The number of nitrogens with zero attached hydrogens (tertiary/aromatic N) is 1. The van der Waals surface area contributed by atoms with Crippen molar-refractivity contribution in [3.8, 4) is 0 Å². The Labute approximate surface area is 131 Å². The highest BCUT2D eigenvalue weighted by atomic mass is 79.9. The van der Waals surface area contributed by atoms with Gasteiger partial charge in [0.05, 0.1) is 0 Å². The van der Waals surface area contributed by atoms with Crippen LogP contribution in [0.15, 0.2) is 22.9 Å². The van der Waals surface area contributed by atoms with E-state index in [2.05, 4.69) is 39.2 Å². The van der Waals surface area contributed by atoms with Crippen LogP contribution in [0, 0.1) is 5.92 Å². The molecule has 1 aromatic rings. The van der Waals surface area contributed by atoms with Gasteiger partial charge in [-0.05, 0) is 52.9 Å². The Bertz CT molecular complexity index is 386. The molecule has 3 heteroatoms. The van der Waals surface area contributed by atoms with Crippen molar-refractivity contribution in [2.24, 2.45) is 5.92 Å². The van der Waals surface area contributed by atoms with Gasteiger partial charge in [0.1, 0.15) is 0 Å². The minimum Gasteiger partial charge on any atom is -0.314 e. The molecule has 1 N–H and O–H groups in total. The first-order valence-corrected chi connectivity index (χ1v) is 8.90. The maximum absolute atomic E-state index is 4.28. The molecule has 1 aliphatic carbocycles. The van der Waals surface area contributed by atoms with Crippen molar-refractivity contribution in [2.75, 3.05) is 6.54 Å². The van der Waals surface area contributed by atoms with E-state index in [1.54, 1.807) is 0 Å². The molecule has 0 saturated heterocycles. The van der Waals surface area contributed by atoms with Gasteiger partial charge < -0.3 is 5.32 Å². The molecule has 0 aromatic carbocycles. The minimum atomic E-state index is 0.596. The van der Waals surface area contributed by atoms with Gasteiger partial charge in [-0.25, -0.2) is 0 Å². The lowest BCUT2D eigenvalue weighted by Crippen LogP contribution is -2.33. The molecule has 0 bridgehead atoms. The molecular weight excluding hydrogens is 312 g/mol. The summed E-state index contributed by atoms with van der Waals surface area (Å²) in [6.45, 7) is 3.26. The standard InChI is InChI=1S/C17H27BrN2/c1-2-20-17(10-14-7-5-3-4-6-8-14)11-15-9-16(18)13-19-12-15/h9,12-14,17,20H,2-8,10-11H2,1H3. The van der Waals surface area contributed by atoms with Crippen molar-refractivity contribution in [3.63, 3.8) is 0 Å². The topological polar surface area (TPSA) is 24.9 Å². The van der Waals surface area contributed by atoms with Crippen molar-refractivity contribution in [1.82, 2.24) is 10.3 Å². The van der Waals surface area contributed by atoms with Crippen LogP contribution in [-0.4, -0.2) is 17.6 Å². The number of rotatable bonds is 6. The lowest BCUT2D eigenvalue weighted by Gasteiger charge is -2.23. The minimum absolute atomic E-state index is 0.596. The molecule has 1 aliphatic rings. The quantitative estimate of drug-likeness (QED) is 0.758. The van der Waals surface area contributed by atoms with Crippen LogP contribution in [0.2, 0.25) is 0 Å². The summed E-state index contributed by atoms with van der Waals surface area (Å²) in [4.78, 5) is 4.28. The van der Waals surface area contributed by atoms with E-state index in [0.717, 1.165) is 23.4 Å². The van der Waals surface area contributed by atoms with Crippen molar-refractivity contribution >= 4 is 15.9 Å². The zero-order valence-electron chi connectivity index (χ0n) is 12.6. The molecular formula is C17H27BrN2. The van der Waals surface area contributed by atoms with Gasteiger partial charge in [0.25, 0.3) is 0 Å². The molecule has 0 aliphatic heterocycles. The molecule has 1 unspecified atom stereocenters. The number of hydrogen-bond donors (Lipinski definition) is 1. The van der Waals surface area contributed by atoms with E-state index in [-0.39, 0.29) is 0 Å². The maximum atomic E-state index is 4.28. The summed E-state index contributed by atoms with van der Waals surface area (Å²) in [7, 11) is 0. The summed E-state index contributed by atoms with van der Waals surface area (Å²) >= 11 is 3.52. The Kier molecular flexibility index (Phi) is 7.01. The second kappa shape index (κ2) is 8.78. The second-order valence-corrected chi connectivity index (χ2v) is 6.98. The van der Waals surface area contributed by atoms with Gasteiger partial charge in [0, 0.05) is 22.9 Å². The van der Waals surface area contributed by atoms with Crippen molar-refractivity contribution in [2.45, 2.75) is 64.3 Å². The Morgan fingerprint density at radius 2 is 2.00 bits per heavy atom. The van der Waals surface area contributed by atoms with Crippen LogP contribution in [0.3, 0.4) is 0 Å². The molecule has 20 heavy (non-hydrogen) atoms. The second-order valence-electron chi connectivity index (χ2n) is 6.06. The molecule has 2 nitrogen and oxygen atoms in total. The monoisotopic (exact) mass is 338 g/mol. The Morgan fingerprint density at radius 3 is 2.65 bits per heavy atom. The van der Waals surface area contributed by atoms with Crippen LogP contribution in [0.1, 0.15) is 57.4 Å². The molecule has 1 fully saturated rings. The molecule has 1 heterocycles. The SMILES string of the molecule is CCNC(Cc1cncc(Br)c1)CC1CCCCCC1. The van der Waals surface area contributed by atoms with Crippen LogP contribution in [0.25, 0.3) is 0 Å². The van der Waals surface area contributed by atoms with E-state index >= 15 is 0 Å². The fourth-order valence-electron chi connectivity index (χ4n) is 3.38. The summed E-state index contributed by atoms with van der Waals surface area (Å²) in [6.07, 6.45) is 14.9. The van der Waals surface area contributed by atoms with Crippen molar-refractivity contribution in [3.05, 3.63) is 28.5 Å². The number of halogens is 1. The van der Waals surface area contributed by atoms with E-state index in [9.17, 15) is 0 Å². The predicted octanol–water partition coefficient (Wildman–Crippen LogP) is 4.73. The third-order valence-electron chi connectivity index (χ3n) is 4.33. The zero-order chi connectivity index (χ0) is 14.2. The zero-order valence-corrected chi connectivity index (χ0v) is 14.2. The number of hydrogen-bond acceptors (Lipinski definition) is 2. The molecule has 0 spiro atoms. The van der Waals surface area contributed by atoms with Gasteiger partial charge >= 0.3 is 0 Å². The fourth-order valence-corrected chi connectivity index (χ4v) is 3.79. The molecule has 1 saturated carbocycles. The van der Waals surface area contributed by atoms with E-state index in [4.69, 9.17) is 0 Å². The molecule has 1 atom stereocenters. The lowest BCUT2D eigenvalue weighted by atomic mass is 9.90. The summed E-state index contributed by atoms with van der Waals surface area (Å²) in [5.41, 5.74) is 1.33. The fraction of sp³-hybridized carbons (Fsp3) is 0.706. The highest BCUT2D eigenvalue weighted by Crippen LogP contribution is 2.27. The summed E-state index contributed by atoms with van der Waals surface area (Å²) in [5.74, 6) is 0.918. The maximum Gasteiger partial charge on any atom is 0.0410 e. The van der Waals surface area contributed by atoms with Gasteiger partial charge in [-0.15, -0.1) is 0 Å².